The van der Waals surface area contributed by atoms with Crippen LogP contribution in [0.3, 0.4) is 0 Å². The van der Waals surface area contributed by atoms with E-state index in [1.165, 1.54) is 114 Å². The summed E-state index contributed by atoms with van der Waals surface area (Å²) in [6.07, 6.45) is 0. The second kappa shape index (κ2) is 10.5. The van der Waals surface area contributed by atoms with Crippen molar-refractivity contribution in [2.24, 2.45) is 0 Å². The highest BCUT2D eigenvalue weighted by Crippen LogP contribution is 2.49. The Kier molecular flexibility index (Phi) is 5.38. The minimum Gasteiger partial charge on any atom is -0.309 e. The molecule has 0 fully saturated rings. The summed E-state index contributed by atoms with van der Waals surface area (Å²) in [5.74, 6) is 0. The highest BCUT2D eigenvalue weighted by molar-refractivity contribution is 6.35. The Bertz CT molecular complexity index is 4300. The lowest BCUT2D eigenvalue weighted by atomic mass is 9.92. The molecule has 4 heteroatoms. The van der Waals surface area contributed by atoms with Crippen LogP contribution in [0.25, 0.3) is 137 Å². The summed E-state index contributed by atoms with van der Waals surface area (Å²) < 4.78 is 7.37. The molecule has 59 heavy (non-hydrogen) atoms. The quantitative estimate of drug-likeness (QED) is 0.173. The second-order valence-corrected chi connectivity index (χ2v) is 16.3. The summed E-state index contributed by atoms with van der Waals surface area (Å²) in [6.45, 7) is 0. The molecule has 4 nitrogen and oxygen atoms in total. The fraction of sp³-hybridized carbons (Fsp3) is 0. The first-order valence-electron chi connectivity index (χ1n) is 20.4. The largest absolute Gasteiger partial charge is 0.309 e. The molecule has 15 aromatic rings. The van der Waals surface area contributed by atoms with Gasteiger partial charge in [-0.1, -0.05) is 127 Å². The van der Waals surface area contributed by atoms with Crippen molar-refractivity contribution in [3.8, 4) is 16.8 Å². The number of para-hydroxylation sites is 4. The van der Waals surface area contributed by atoms with E-state index >= 15 is 0 Å². The predicted molar refractivity (Wildman–Crippen MR) is 248 cm³/mol. The van der Waals surface area contributed by atoms with E-state index in [0.29, 0.717) is 0 Å². The van der Waals surface area contributed by atoms with Crippen molar-refractivity contribution in [2.75, 3.05) is 0 Å². The molecule has 0 spiro atoms. The molecule has 9 aromatic carbocycles. The number of nitrogens with zero attached hydrogens (tertiary/aromatic N) is 4. The normalized spacial score (nSPS) is 12.7. The van der Waals surface area contributed by atoms with Gasteiger partial charge in [0.25, 0.3) is 0 Å². The van der Waals surface area contributed by atoms with Crippen LogP contribution in [0, 0.1) is 0 Å². The maximum absolute atomic E-state index is 5.79. The number of hydrogen-bond acceptors (Lipinski definition) is 1. The lowest BCUT2D eigenvalue weighted by Crippen LogP contribution is -1.93. The van der Waals surface area contributed by atoms with E-state index in [9.17, 15) is 0 Å². The third-order valence-electron chi connectivity index (χ3n) is 13.4. The zero-order valence-electron chi connectivity index (χ0n) is 31.6. The first kappa shape index (κ1) is 30.2. The van der Waals surface area contributed by atoms with Crippen molar-refractivity contribution in [3.05, 3.63) is 182 Å². The minimum atomic E-state index is 0.999. The number of pyridine rings is 1. The van der Waals surface area contributed by atoms with E-state index in [-0.39, 0.29) is 0 Å². The molecule has 6 aromatic heterocycles. The van der Waals surface area contributed by atoms with Crippen molar-refractivity contribution in [1.82, 2.24) is 18.4 Å². The van der Waals surface area contributed by atoms with E-state index in [4.69, 9.17) is 4.98 Å². The van der Waals surface area contributed by atoms with Crippen molar-refractivity contribution in [3.63, 3.8) is 0 Å². The zero-order valence-corrected chi connectivity index (χ0v) is 31.6. The molecule has 0 atom stereocenters. The van der Waals surface area contributed by atoms with E-state index in [2.05, 4.69) is 195 Å². The van der Waals surface area contributed by atoms with Gasteiger partial charge in [0.15, 0.2) is 0 Å². The molecule has 0 saturated carbocycles. The predicted octanol–water partition coefficient (Wildman–Crippen LogP) is 14.5. The summed E-state index contributed by atoms with van der Waals surface area (Å²) in [6, 6.07) is 67.3. The molecular weight excluding hydrogens is 717 g/mol. The molecule has 270 valence electrons. The van der Waals surface area contributed by atoms with Crippen molar-refractivity contribution >= 4 is 120 Å². The Balaban J connectivity index is 1.16. The Morgan fingerprint density at radius 2 is 0.983 bits per heavy atom. The number of rotatable bonds is 2. The van der Waals surface area contributed by atoms with Gasteiger partial charge in [-0.25, -0.2) is 4.98 Å². The smallest absolute Gasteiger partial charge is 0.146 e. The molecule has 0 amide bonds. The fourth-order valence-electron chi connectivity index (χ4n) is 11.1. The first-order chi connectivity index (χ1) is 29.3. The lowest BCUT2D eigenvalue weighted by molar-refractivity contribution is 1.18. The Morgan fingerprint density at radius 1 is 0.339 bits per heavy atom. The monoisotopic (exact) mass is 746 g/mol. The highest BCUT2D eigenvalue weighted by atomic mass is 15.0. The molecule has 0 aliphatic heterocycles. The maximum atomic E-state index is 5.79. The summed E-state index contributed by atoms with van der Waals surface area (Å²) in [5, 5.41) is 16.2. The lowest BCUT2D eigenvalue weighted by Gasteiger charge is -2.12. The standard InChI is InChI=1S/C55H30N4/c1-2-15-34(16-3-1)57-45-23-10-9-20-38(45)41-29-33(25-26-47(41)57)49-35-17-6-4-14-32(35)28-44-50-36-18-7-5-13-31(36)27-42-43-30-48-51(56-55(43)59(53(42)50)54(44)49)40-22-12-21-39-37-19-8-11-24-46(37)58(48)52(39)40/h1-30H. The van der Waals surface area contributed by atoms with Gasteiger partial charge in [-0.2, -0.15) is 0 Å². The molecule has 0 radical (unpaired) electrons. The summed E-state index contributed by atoms with van der Waals surface area (Å²) in [7, 11) is 0. The van der Waals surface area contributed by atoms with E-state index in [0.717, 1.165) is 22.4 Å². The van der Waals surface area contributed by atoms with Gasteiger partial charge >= 0.3 is 0 Å². The number of benzene rings is 9. The molecule has 6 heterocycles. The second-order valence-electron chi connectivity index (χ2n) is 16.3. The van der Waals surface area contributed by atoms with Gasteiger partial charge < -0.3 is 8.97 Å². The Labute approximate surface area is 335 Å². The third-order valence-corrected chi connectivity index (χ3v) is 13.4. The molecule has 0 aliphatic carbocycles. The summed E-state index contributed by atoms with van der Waals surface area (Å²) in [4.78, 5) is 5.79. The molecular formula is C55H30N4. The van der Waals surface area contributed by atoms with Crippen LogP contribution in [0.2, 0.25) is 0 Å². The van der Waals surface area contributed by atoms with Gasteiger partial charge in [0.05, 0.1) is 44.1 Å². The third kappa shape index (κ3) is 3.60. The molecule has 0 saturated heterocycles. The molecule has 0 aliphatic rings. The number of aromatic nitrogens is 4. The Morgan fingerprint density at radius 3 is 1.83 bits per heavy atom. The van der Waals surface area contributed by atoms with Crippen LogP contribution in [0.5, 0.6) is 0 Å². The SMILES string of the molecule is c1ccc(-n2c3ccccc3c3cc(-c4c5ccccc5cc5c6c7ccccc7cc7c8cc9c(nc8n(c45)c76)c4cccc5c6ccccc6n9c54)ccc32)cc1. The van der Waals surface area contributed by atoms with Gasteiger partial charge in [-0.3, -0.25) is 4.40 Å². The van der Waals surface area contributed by atoms with Crippen LogP contribution in [-0.2, 0) is 0 Å². The van der Waals surface area contributed by atoms with Gasteiger partial charge in [-0.05, 0) is 81.7 Å². The van der Waals surface area contributed by atoms with E-state index in [1.807, 2.05) is 0 Å². The van der Waals surface area contributed by atoms with Crippen LogP contribution in [-0.4, -0.2) is 18.4 Å². The number of fused-ring (bicyclic) bond motifs is 18. The topological polar surface area (TPSA) is 26.6 Å². The van der Waals surface area contributed by atoms with Crippen LogP contribution in [0.4, 0.5) is 0 Å². The van der Waals surface area contributed by atoms with Crippen LogP contribution in [0.1, 0.15) is 0 Å². The van der Waals surface area contributed by atoms with E-state index < -0.39 is 0 Å². The maximum Gasteiger partial charge on any atom is 0.146 e. The van der Waals surface area contributed by atoms with Gasteiger partial charge in [-0.15, -0.1) is 0 Å². The van der Waals surface area contributed by atoms with Gasteiger partial charge in [0.2, 0.25) is 0 Å². The first-order valence-corrected chi connectivity index (χ1v) is 20.4. The zero-order chi connectivity index (χ0) is 38.1. The van der Waals surface area contributed by atoms with Gasteiger partial charge in [0.1, 0.15) is 5.65 Å². The van der Waals surface area contributed by atoms with Crippen molar-refractivity contribution in [1.29, 1.82) is 0 Å². The fourth-order valence-corrected chi connectivity index (χ4v) is 11.1. The van der Waals surface area contributed by atoms with Crippen molar-refractivity contribution < 1.29 is 0 Å². The molecule has 0 N–H and O–H groups in total. The molecule has 0 bridgehead atoms. The van der Waals surface area contributed by atoms with Gasteiger partial charge in [0, 0.05) is 59.7 Å². The summed E-state index contributed by atoms with van der Waals surface area (Å²) >= 11 is 0. The Hall–Kier alpha value is -7.95. The van der Waals surface area contributed by atoms with Crippen LogP contribution >= 0.6 is 0 Å². The average Bonchev–Trinajstić information content (AvgIpc) is 4.08. The number of hydrogen-bond donors (Lipinski definition) is 0. The molecule has 15 rings (SSSR count). The minimum absolute atomic E-state index is 0.999. The van der Waals surface area contributed by atoms with Crippen LogP contribution in [0.15, 0.2) is 182 Å². The summed E-state index contributed by atoms with van der Waals surface area (Å²) in [5.41, 5.74) is 14.1. The van der Waals surface area contributed by atoms with Crippen LogP contribution < -0.4 is 0 Å². The van der Waals surface area contributed by atoms with E-state index in [1.54, 1.807) is 0 Å². The molecule has 0 unspecified atom stereocenters. The highest BCUT2D eigenvalue weighted by Gasteiger charge is 2.27. The van der Waals surface area contributed by atoms with Crippen molar-refractivity contribution in [2.45, 2.75) is 0 Å². The average molecular weight is 747 g/mol.